The van der Waals surface area contributed by atoms with Gasteiger partial charge in [0.1, 0.15) is 0 Å². The molecule has 1 amide bonds. The van der Waals surface area contributed by atoms with Gasteiger partial charge in [0.2, 0.25) is 0 Å². The molecule has 1 aliphatic rings. The van der Waals surface area contributed by atoms with Crippen molar-refractivity contribution >= 4 is 51.9 Å². The van der Waals surface area contributed by atoms with Gasteiger partial charge in [0.25, 0.3) is 5.91 Å². The van der Waals surface area contributed by atoms with Crippen molar-refractivity contribution < 1.29 is 14.3 Å². The number of carbonyl (C=O) groups excluding carboxylic acids is 2. The van der Waals surface area contributed by atoms with Crippen LogP contribution in [0.3, 0.4) is 0 Å². The zero-order valence-corrected chi connectivity index (χ0v) is 14.3. The molecule has 0 spiro atoms. The van der Waals surface area contributed by atoms with Gasteiger partial charge in [-0.25, -0.2) is 4.79 Å². The zero-order valence-electron chi connectivity index (χ0n) is 12.6. The van der Waals surface area contributed by atoms with Crippen molar-refractivity contribution in [3.05, 3.63) is 64.8 Å². The van der Waals surface area contributed by atoms with Gasteiger partial charge in [-0.3, -0.25) is 14.7 Å². The monoisotopic (exact) mass is 356 g/mol. The van der Waals surface area contributed by atoms with E-state index >= 15 is 0 Å². The summed E-state index contributed by atoms with van der Waals surface area (Å²) in [5.41, 5.74) is 1.77. The second-order valence-corrected chi connectivity index (χ2v) is 6.52. The van der Waals surface area contributed by atoms with E-state index in [4.69, 9.17) is 17.0 Å². The summed E-state index contributed by atoms with van der Waals surface area (Å²) in [5.74, 6) is -0.682. The van der Waals surface area contributed by atoms with Crippen LogP contribution in [0.1, 0.15) is 15.9 Å². The summed E-state index contributed by atoms with van der Waals surface area (Å²) < 4.78 is 5.13. The SMILES string of the molecule is COC(=O)c1cccc(N2C(=O)/C(=C/c3ccncc3)SC2=S)c1. The third-order valence-corrected chi connectivity index (χ3v) is 4.63. The number of pyridine rings is 1. The maximum atomic E-state index is 12.7. The molecule has 0 aliphatic carbocycles. The van der Waals surface area contributed by atoms with Crippen LogP contribution in [0, 0.1) is 0 Å². The molecule has 0 unspecified atom stereocenters. The van der Waals surface area contributed by atoms with E-state index in [-0.39, 0.29) is 5.91 Å². The smallest absolute Gasteiger partial charge is 0.337 e. The Bertz CT molecular complexity index is 850. The van der Waals surface area contributed by atoms with Crippen LogP contribution in [0.5, 0.6) is 0 Å². The molecule has 0 atom stereocenters. The second kappa shape index (κ2) is 6.94. The van der Waals surface area contributed by atoms with Gasteiger partial charge in [0.15, 0.2) is 4.32 Å². The molecule has 0 bridgehead atoms. The van der Waals surface area contributed by atoms with E-state index in [9.17, 15) is 9.59 Å². The summed E-state index contributed by atoms with van der Waals surface area (Å²) >= 11 is 6.55. The number of anilines is 1. The number of amides is 1. The average molecular weight is 356 g/mol. The van der Waals surface area contributed by atoms with E-state index in [0.29, 0.717) is 20.5 Å². The highest BCUT2D eigenvalue weighted by Gasteiger charge is 2.33. The number of carbonyl (C=O) groups is 2. The number of nitrogens with zero attached hydrogens (tertiary/aromatic N) is 2. The molecule has 1 fully saturated rings. The predicted molar refractivity (Wildman–Crippen MR) is 97.7 cm³/mol. The summed E-state index contributed by atoms with van der Waals surface area (Å²) in [6.45, 7) is 0. The number of esters is 1. The number of rotatable bonds is 3. The average Bonchev–Trinajstić information content (AvgIpc) is 2.89. The Labute approximate surface area is 148 Å². The molecule has 1 aromatic heterocycles. The van der Waals surface area contributed by atoms with Crippen LogP contribution in [-0.2, 0) is 9.53 Å². The molecule has 5 nitrogen and oxygen atoms in total. The number of benzene rings is 1. The lowest BCUT2D eigenvalue weighted by Crippen LogP contribution is -2.27. The van der Waals surface area contributed by atoms with Crippen molar-refractivity contribution in [2.75, 3.05) is 12.0 Å². The van der Waals surface area contributed by atoms with Gasteiger partial charge in [-0.05, 0) is 42.0 Å². The zero-order chi connectivity index (χ0) is 17.1. The van der Waals surface area contributed by atoms with Crippen LogP contribution in [-0.4, -0.2) is 28.3 Å². The van der Waals surface area contributed by atoms with Crippen molar-refractivity contribution in [2.24, 2.45) is 0 Å². The van der Waals surface area contributed by atoms with Gasteiger partial charge < -0.3 is 4.74 Å². The van der Waals surface area contributed by atoms with E-state index in [1.807, 2.05) is 12.1 Å². The lowest BCUT2D eigenvalue weighted by molar-refractivity contribution is -0.113. The van der Waals surface area contributed by atoms with Crippen molar-refractivity contribution in [1.82, 2.24) is 4.98 Å². The van der Waals surface area contributed by atoms with Gasteiger partial charge >= 0.3 is 5.97 Å². The quantitative estimate of drug-likeness (QED) is 0.478. The molecule has 24 heavy (non-hydrogen) atoms. The van der Waals surface area contributed by atoms with Gasteiger partial charge in [0.05, 0.1) is 23.3 Å². The van der Waals surface area contributed by atoms with Crippen molar-refractivity contribution in [2.45, 2.75) is 0 Å². The Morgan fingerprint density at radius 2 is 2.04 bits per heavy atom. The third kappa shape index (κ3) is 3.22. The second-order valence-electron chi connectivity index (χ2n) is 4.84. The van der Waals surface area contributed by atoms with Crippen LogP contribution < -0.4 is 4.90 Å². The van der Waals surface area contributed by atoms with Crippen molar-refractivity contribution in [3.8, 4) is 0 Å². The maximum Gasteiger partial charge on any atom is 0.337 e. The van der Waals surface area contributed by atoms with E-state index < -0.39 is 5.97 Å². The molecular formula is C17H12N2O3S2. The first-order valence-electron chi connectivity index (χ1n) is 6.96. The number of methoxy groups -OCH3 is 1. The molecule has 1 aromatic carbocycles. The minimum atomic E-state index is -0.463. The Morgan fingerprint density at radius 1 is 1.29 bits per heavy atom. The molecule has 2 heterocycles. The number of hydrogen-bond acceptors (Lipinski definition) is 6. The van der Waals surface area contributed by atoms with E-state index in [2.05, 4.69) is 4.98 Å². The summed E-state index contributed by atoms with van der Waals surface area (Å²) in [6.07, 6.45) is 5.09. The highest BCUT2D eigenvalue weighted by Crippen LogP contribution is 2.36. The maximum absolute atomic E-state index is 12.7. The summed E-state index contributed by atoms with van der Waals surface area (Å²) in [5, 5.41) is 0. The molecule has 0 radical (unpaired) electrons. The molecule has 120 valence electrons. The predicted octanol–water partition coefficient (Wildman–Crippen LogP) is 3.27. The lowest BCUT2D eigenvalue weighted by Gasteiger charge is -2.15. The molecule has 7 heteroatoms. The van der Waals surface area contributed by atoms with E-state index in [0.717, 1.165) is 5.56 Å². The van der Waals surface area contributed by atoms with Gasteiger partial charge in [-0.2, -0.15) is 0 Å². The van der Waals surface area contributed by atoms with Crippen LogP contribution >= 0.6 is 24.0 Å². The number of aromatic nitrogens is 1. The lowest BCUT2D eigenvalue weighted by atomic mass is 10.2. The largest absolute Gasteiger partial charge is 0.465 e. The molecule has 0 saturated carbocycles. The minimum Gasteiger partial charge on any atom is -0.465 e. The number of hydrogen-bond donors (Lipinski definition) is 0. The van der Waals surface area contributed by atoms with Gasteiger partial charge in [0, 0.05) is 12.4 Å². The first-order valence-corrected chi connectivity index (χ1v) is 8.19. The van der Waals surface area contributed by atoms with Crippen LogP contribution in [0.4, 0.5) is 5.69 Å². The minimum absolute atomic E-state index is 0.219. The van der Waals surface area contributed by atoms with Crippen molar-refractivity contribution in [1.29, 1.82) is 0 Å². The van der Waals surface area contributed by atoms with Crippen molar-refractivity contribution in [3.63, 3.8) is 0 Å². The number of thiocarbonyl (C=S) groups is 1. The molecule has 0 N–H and O–H groups in total. The summed E-state index contributed by atoms with van der Waals surface area (Å²) in [7, 11) is 1.31. The first-order chi connectivity index (χ1) is 11.6. The number of ether oxygens (including phenoxy) is 1. The van der Waals surface area contributed by atoms with E-state index in [1.165, 1.54) is 23.8 Å². The van der Waals surface area contributed by atoms with Gasteiger partial charge in [-0.15, -0.1) is 0 Å². The topological polar surface area (TPSA) is 59.5 Å². The fourth-order valence-corrected chi connectivity index (χ4v) is 3.49. The standard InChI is InChI=1S/C17H12N2O3S2/c1-22-16(21)12-3-2-4-13(10-12)19-15(20)14(24-17(19)23)9-11-5-7-18-8-6-11/h2-10H,1H3/b14-9-. The number of thioether (sulfide) groups is 1. The summed E-state index contributed by atoms with van der Waals surface area (Å²) in [4.78, 5) is 30.2. The van der Waals surface area contributed by atoms with Crippen LogP contribution in [0.25, 0.3) is 6.08 Å². The molecule has 1 aliphatic heterocycles. The molecule has 2 aromatic rings. The first kappa shape index (κ1) is 16.4. The fraction of sp³-hybridized carbons (Fsp3) is 0.0588. The Hall–Kier alpha value is -2.51. The molecular weight excluding hydrogens is 344 g/mol. The Balaban J connectivity index is 1.93. The normalized spacial score (nSPS) is 15.9. The Kier molecular flexibility index (Phi) is 4.73. The van der Waals surface area contributed by atoms with Crippen LogP contribution in [0.2, 0.25) is 0 Å². The van der Waals surface area contributed by atoms with E-state index in [1.54, 1.807) is 42.7 Å². The highest BCUT2D eigenvalue weighted by atomic mass is 32.2. The summed E-state index contributed by atoms with van der Waals surface area (Å²) in [6, 6.07) is 10.2. The Morgan fingerprint density at radius 3 is 2.75 bits per heavy atom. The molecule has 1 saturated heterocycles. The fourth-order valence-electron chi connectivity index (χ4n) is 2.19. The third-order valence-electron chi connectivity index (χ3n) is 3.32. The highest BCUT2D eigenvalue weighted by molar-refractivity contribution is 8.27. The van der Waals surface area contributed by atoms with Crippen LogP contribution in [0.15, 0.2) is 53.7 Å². The molecule has 3 rings (SSSR count). The van der Waals surface area contributed by atoms with Gasteiger partial charge in [-0.1, -0.05) is 30.0 Å².